The van der Waals surface area contributed by atoms with Gasteiger partial charge in [0.25, 0.3) is 5.69 Å². The zero-order valence-corrected chi connectivity index (χ0v) is 14.9. The van der Waals surface area contributed by atoms with Crippen LogP contribution in [0.25, 0.3) is 38.5 Å². The van der Waals surface area contributed by atoms with Crippen molar-refractivity contribution < 1.29 is 4.92 Å². The molecule has 0 unspecified atom stereocenters. The molecule has 0 spiro atoms. The van der Waals surface area contributed by atoms with Crippen LogP contribution in [-0.4, -0.2) is 9.49 Å². The van der Waals surface area contributed by atoms with Crippen molar-refractivity contribution in [2.45, 2.75) is 0 Å². The molecule has 0 amide bonds. The summed E-state index contributed by atoms with van der Waals surface area (Å²) in [5.41, 5.74) is 3.81. The highest BCUT2D eigenvalue weighted by atomic mass is 16.6. The number of benzene rings is 4. The Bertz CT molecular complexity index is 1340. The van der Waals surface area contributed by atoms with Crippen LogP contribution < -0.4 is 0 Å². The Labute approximate surface area is 161 Å². The molecule has 0 atom stereocenters. The molecule has 1 aromatic heterocycles. The van der Waals surface area contributed by atoms with Crippen LogP contribution in [0.3, 0.4) is 0 Å². The SMILES string of the molecule is O=[N+]([O-])c1ccccc1-c1ccc2cc3ccn(-c4ccccc4)c3cc2c1. The summed E-state index contributed by atoms with van der Waals surface area (Å²) in [6.45, 7) is 0. The highest BCUT2D eigenvalue weighted by Crippen LogP contribution is 2.33. The number of aromatic nitrogens is 1. The summed E-state index contributed by atoms with van der Waals surface area (Å²) in [6, 6.07) is 29.5. The molecule has 0 aliphatic heterocycles. The topological polar surface area (TPSA) is 48.1 Å². The van der Waals surface area contributed by atoms with Gasteiger partial charge in [0.15, 0.2) is 0 Å². The molecule has 4 aromatic carbocycles. The second-order valence-electron chi connectivity index (χ2n) is 6.77. The van der Waals surface area contributed by atoms with Crippen molar-refractivity contribution in [2.24, 2.45) is 0 Å². The number of nitrogens with zero attached hydrogens (tertiary/aromatic N) is 2. The third kappa shape index (κ3) is 2.63. The van der Waals surface area contributed by atoms with E-state index in [2.05, 4.69) is 41.1 Å². The highest BCUT2D eigenvalue weighted by Gasteiger charge is 2.14. The van der Waals surface area contributed by atoms with Crippen LogP contribution in [0.5, 0.6) is 0 Å². The molecule has 0 saturated heterocycles. The first-order chi connectivity index (χ1) is 13.7. The van der Waals surface area contributed by atoms with Crippen LogP contribution in [0.1, 0.15) is 0 Å². The zero-order chi connectivity index (χ0) is 19.1. The van der Waals surface area contributed by atoms with Gasteiger partial charge in [-0.15, -0.1) is 0 Å². The van der Waals surface area contributed by atoms with Gasteiger partial charge in [-0.1, -0.05) is 42.5 Å². The first kappa shape index (κ1) is 16.3. The van der Waals surface area contributed by atoms with Crippen molar-refractivity contribution in [3.05, 3.63) is 107 Å². The van der Waals surface area contributed by atoms with Crippen LogP contribution in [-0.2, 0) is 0 Å². The summed E-state index contributed by atoms with van der Waals surface area (Å²) in [5.74, 6) is 0. The second-order valence-corrected chi connectivity index (χ2v) is 6.77. The lowest BCUT2D eigenvalue weighted by molar-refractivity contribution is -0.384. The second kappa shape index (κ2) is 6.35. The largest absolute Gasteiger partial charge is 0.317 e. The van der Waals surface area contributed by atoms with E-state index in [1.165, 1.54) is 0 Å². The van der Waals surface area contributed by atoms with Crippen molar-refractivity contribution in [3.8, 4) is 16.8 Å². The van der Waals surface area contributed by atoms with Crippen LogP contribution in [0, 0.1) is 10.1 Å². The Morgan fingerprint density at radius 1 is 0.714 bits per heavy atom. The van der Waals surface area contributed by atoms with E-state index in [1.54, 1.807) is 18.2 Å². The number of nitro benzene ring substituents is 1. The summed E-state index contributed by atoms with van der Waals surface area (Å²) in [7, 11) is 0. The monoisotopic (exact) mass is 364 g/mol. The van der Waals surface area contributed by atoms with Gasteiger partial charge in [0.2, 0.25) is 0 Å². The van der Waals surface area contributed by atoms with Gasteiger partial charge in [-0.2, -0.15) is 0 Å². The van der Waals surface area contributed by atoms with E-state index in [1.807, 2.05) is 42.5 Å². The fourth-order valence-corrected chi connectivity index (χ4v) is 3.74. The van der Waals surface area contributed by atoms with Crippen LogP contribution in [0.2, 0.25) is 0 Å². The predicted octanol–water partition coefficient (Wildman–Crippen LogP) is 6.36. The molecule has 0 N–H and O–H groups in total. The van der Waals surface area contributed by atoms with Gasteiger partial charge in [-0.3, -0.25) is 10.1 Å². The third-order valence-electron chi connectivity index (χ3n) is 5.09. The normalized spacial score (nSPS) is 11.1. The number of hydrogen-bond donors (Lipinski definition) is 0. The van der Waals surface area contributed by atoms with Gasteiger partial charge in [-0.05, 0) is 58.8 Å². The summed E-state index contributed by atoms with van der Waals surface area (Å²) in [4.78, 5) is 11.1. The number of fused-ring (bicyclic) bond motifs is 2. The molecule has 0 radical (unpaired) electrons. The molecule has 134 valence electrons. The fourth-order valence-electron chi connectivity index (χ4n) is 3.74. The molecule has 0 aliphatic carbocycles. The van der Waals surface area contributed by atoms with Gasteiger partial charge < -0.3 is 4.57 Å². The van der Waals surface area contributed by atoms with E-state index in [9.17, 15) is 10.1 Å². The molecule has 4 heteroatoms. The Morgan fingerprint density at radius 2 is 1.50 bits per heavy atom. The Morgan fingerprint density at radius 3 is 2.32 bits per heavy atom. The average molecular weight is 364 g/mol. The average Bonchev–Trinajstić information content (AvgIpc) is 3.15. The first-order valence-electron chi connectivity index (χ1n) is 9.05. The van der Waals surface area contributed by atoms with Crippen molar-refractivity contribution in [2.75, 3.05) is 0 Å². The molecule has 4 nitrogen and oxygen atoms in total. The van der Waals surface area contributed by atoms with Crippen molar-refractivity contribution in [1.29, 1.82) is 0 Å². The number of hydrogen-bond acceptors (Lipinski definition) is 2. The molecule has 0 saturated carbocycles. The standard InChI is InChI=1S/C24H16N2O2/c27-26(28)23-9-5-4-8-22(23)18-11-10-17-14-19-12-13-25(21-6-2-1-3-7-21)24(19)16-20(17)15-18/h1-16H. The molecule has 0 bridgehead atoms. The van der Waals surface area contributed by atoms with E-state index in [-0.39, 0.29) is 10.6 Å². The number of rotatable bonds is 3. The Hall–Kier alpha value is -3.92. The molecule has 5 aromatic rings. The maximum atomic E-state index is 11.4. The maximum Gasteiger partial charge on any atom is 0.277 e. The van der Waals surface area contributed by atoms with Gasteiger partial charge in [0.05, 0.1) is 16.0 Å². The van der Waals surface area contributed by atoms with E-state index in [4.69, 9.17) is 0 Å². The van der Waals surface area contributed by atoms with Gasteiger partial charge in [0, 0.05) is 23.3 Å². The van der Waals surface area contributed by atoms with Gasteiger partial charge in [-0.25, -0.2) is 0 Å². The van der Waals surface area contributed by atoms with Crippen LogP contribution >= 0.6 is 0 Å². The van der Waals surface area contributed by atoms with E-state index >= 15 is 0 Å². The molecule has 1 heterocycles. The first-order valence-corrected chi connectivity index (χ1v) is 9.05. The Kier molecular flexibility index (Phi) is 3.69. The molecule has 0 aliphatic rings. The summed E-state index contributed by atoms with van der Waals surface area (Å²) >= 11 is 0. The minimum Gasteiger partial charge on any atom is -0.317 e. The minimum absolute atomic E-state index is 0.121. The van der Waals surface area contributed by atoms with Crippen LogP contribution in [0.4, 0.5) is 5.69 Å². The Balaban J connectivity index is 1.72. The molecule has 0 fully saturated rings. The van der Waals surface area contributed by atoms with E-state index in [0.717, 1.165) is 32.9 Å². The predicted molar refractivity (Wildman–Crippen MR) is 113 cm³/mol. The fraction of sp³-hybridized carbons (Fsp3) is 0. The molecular formula is C24H16N2O2. The van der Waals surface area contributed by atoms with Gasteiger partial charge in [0.1, 0.15) is 0 Å². The maximum absolute atomic E-state index is 11.4. The van der Waals surface area contributed by atoms with Gasteiger partial charge >= 0.3 is 0 Å². The molecule has 28 heavy (non-hydrogen) atoms. The highest BCUT2D eigenvalue weighted by molar-refractivity contribution is 5.99. The summed E-state index contributed by atoms with van der Waals surface area (Å²) in [6.07, 6.45) is 2.07. The minimum atomic E-state index is -0.330. The van der Waals surface area contributed by atoms with Crippen molar-refractivity contribution in [3.63, 3.8) is 0 Å². The lowest BCUT2D eigenvalue weighted by Crippen LogP contribution is -1.92. The molecular weight excluding hydrogens is 348 g/mol. The quantitative estimate of drug-likeness (QED) is 0.276. The van der Waals surface area contributed by atoms with E-state index in [0.29, 0.717) is 5.56 Å². The van der Waals surface area contributed by atoms with Crippen molar-refractivity contribution in [1.82, 2.24) is 4.57 Å². The number of nitro groups is 1. The van der Waals surface area contributed by atoms with Crippen LogP contribution in [0.15, 0.2) is 97.2 Å². The lowest BCUT2D eigenvalue weighted by Gasteiger charge is -2.08. The third-order valence-corrected chi connectivity index (χ3v) is 5.09. The lowest BCUT2D eigenvalue weighted by atomic mass is 9.99. The van der Waals surface area contributed by atoms with E-state index < -0.39 is 0 Å². The zero-order valence-electron chi connectivity index (χ0n) is 14.9. The molecule has 5 rings (SSSR count). The summed E-state index contributed by atoms with van der Waals surface area (Å²) < 4.78 is 2.16. The number of para-hydroxylation sites is 2. The summed E-state index contributed by atoms with van der Waals surface area (Å²) in [5, 5.41) is 14.7. The van der Waals surface area contributed by atoms with Crippen molar-refractivity contribution >= 4 is 27.4 Å². The smallest absolute Gasteiger partial charge is 0.277 e.